The van der Waals surface area contributed by atoms with E-state index in [1.165, 1.54) is 39.1 Å². The molecule has 0 bridgehead atoms. The number of rotatable bonds is 6. The molecule has 1 amide bonds. The van der Waals surface area contributed by atoms with Crippen LogP contribution in [0.3, 0.4) is 0 Å². The van der Waals surface area contributed by atoms with Crippen LogP contribution in [0.4, 0.5) is 0 Å². The van der Waals surface area contributed by atoms with Crippen molar-refractivity contribution in [2.45, 2.75) is 37.6 Å². The van der Waals surface area contributed by atoms with Crippen molar-refractivity contribution in [3.63, 3.8) is 0 Å². The molecule has 0 spiro atoms. The molecule has 140 valence electrons. The van der Waals surface area contributed by atoms with E-state index in [9.17, 15) is 13.2 Å². The molecule has 2 atom stereocenters. The minimum absolute atomic E-state index is 0.0444. The molecular formula is C18H29N3O3S. The molecule has 1 fully saturated rings. The van der Waals surface area contributed by atoms with Crippen molar-refractivity contribution in [1.82, 2.24) is 14.5 Å². The van der Waals surface area contributed by atoms with E-state index in [1.807, 2.05) is 6.92 Å². The van der Waals surface area contributed by atoms with Crippen LogP contribution in [0.1, 0.15) is 37.0 Å². The Morgan fingerprint density at radius 3 is 2.52 bits per heavy atom. The SMILES string of the molecule is CC1CCCN(CC(C)NC(=O)c2ccc(S(=O)(=O)N(C)C)cc2)C1. The summed E-state index contributed by atoms with van der Waals surface area (Å²) in [6.07, 6.45) is 2.49. The number of nitrogens with one attached hydrogen (secondary N) is 1. The van der Waals surface area contributed by atoms with Crippen LogP contribution >= 0.6 is 0 Å². The standard InChI is InChI=1S/C18H29N3O3S/c1-14-6-5-11-21(12-14)13-15(2)19-18(22)16-7-9-17(10-8-16)25(23,24)20(3)4/h7-10,14-15H,5-6,11-13H2,1-4H3,(H,19,22). The van der Waals surface area contributed by atoms with Gasteiger partial charge in [0.25, 0.3) is 5.91 Å². The molecule has 1 aromatic carbocycles. The number of likely N-dealkylation sites (tertiary alicyclic amines) is 1. The molecule has 0 saturated carbocycles. The van der Waals surface area contributed by atoms with Crippen LogP contribution < -0.4 is 5.32 Å². The molecule has 1 saturated heterocycles. The second-order valence-electron chi connectivity index (χ2n) is 7.19. The normalized spacial score (nSPS) is 20.4. The molecule has 25 heavy (non-hydrogen) atoms. The van der Waals surface area contributed by atoms with Crippen molar-refractivity contribution in [2.24, 2.45) is 5.92 Å². The fraction of sp³-hybridized carbons (Fsp3) is 0.611. The van der Waals surface area contributed by atoms with E-state index in [0.29, 0.717) is 11.5 Å². The maximum atomic E-state index is 12.4. The quantitative estimate of drug-likeness (QED) is 0.832. The summed E-state index contributed by atoms with van der Waals surface area (Å²) in [4.78, 5) is 14.9. The molecule has 0 aromatic heterocycles. The van der Waals surface area contributed by atoms with Crippen LogP contribution in [0.5, 0.6) is 0 Å². The lowest BCUT2D eigenvalue weighted by Crippen LogP contribution is -2.45. The number of amides is 1. The zero-order valence-corrected chi connectivity index (χ0v) is 16.3. The maximum Gasteiger partial charge on any atom is 0.251 e. The second kappa shape index (κ2) is 8.29. The van der Waals surface area contributed by atoms with Crippen LogP contribution in [-0.4, -0.2) is 63.3 Å². The predicted octanol–water partition coefficient (Wildman–Crippen LogP) is 1.79. The van der Waals surface area contributed by atoms with Gasteiger partial charge in [-0.2, -0.15) is 0 Å². The van der Waals surface area contributed by atoms with Crippen LogP contribution in [-0.2, 0) is 10.0 Å². The summed E-state index contributed by atoms with van der Waals surface area (Å²) >= 11 is 0. The summed E-state index contributed by atoms with van der Waals surface area (Å²) < 4.78 is 25.3. The van der Waals surface area contributed by atoms with Gasteiger partial charge in [0.15, 0.2) is 0 Å². The van der Waals surface area contributed by atoms with Crippen LogP contribution in [0.2, 0.25) is 0 Å². The number of carbonyl (C=O) groups is 1. The van der Waals surface area contributed by atoms with E-state index >= 15 is 0 Å². The van der Waals surface area contributed by atoms with E-state index in [1.54, 1.807) is 12.1 Å². The maximum absolute atomic E-state index is 12.4. The molecule has 1 heterocycles. The van der Waals surface area contributed by atoms with Crippen LogP contribution in [0.15, 0.2) is 29.2 Å². The largest absolute Gasteiger partial charge is 0.348 e. The summed E-state index contributed by atoms with van der Waals surface area (Å²) in [6.45, 7) is 7.27. The smallest absolute Gasteiger partial charge is 0.251 e. The summed E-state index contributed by atoms with van der Waals surface area (Å²) in [5.41, 5.74) is 0.469. The molecule has 2 unspecified atom stereocenters. The van der Waals surface area contributed by atoms with Gasteiger partial charge >= 0.3 is 0 Å². The lowest BCUT2D eigenvalue weighted by atomic mass is 10.00. The molecular weight excluding hydrogens is 338 g/mol. The van der Waals surface area contributed by atoms with Crippen molar-refractivity contribution < 1.29 is 13.2 Å². The third kappa shape index (κ3) is 5.26. The minimum atomic E-state index is -3.47. The third-order valence-corrected chi connectivity index (χ3v) is 6.38. The number of carbonyl (C=O) groups excluding carboxylic acids is 1. The first kappa shape index (κ1) is 19.9. The van der Waals surface area contributed by atoms with Gasteiger partial charge in [-0.3, -0.25) is 4.79 Å². The van der Waals surface area contributed by atoms with Crippen molar-refractivity contribution in [2.75, 3.05) is 33.7 Å². The van der Waals surface area contributed by atoms with Crippen molar-refractivity contribution in [3.05, 3.63) is 29.8 Å². The van der Waals surface area contributed by atoms with E-state index in [2.05, 4.69) is 17.1 Å². The number of sulfonamides is 1. The van der Waals surface area contributed by atoms with E-state index in [0.717, 1.165) is 23.9 Å². The zero-order valence-electron chi connectivity index (χ0n) is 15.5. The Bertz CT molecular complexity index is 686. The first-order valence-electron chi connectivity index (χ1n) is 8.76. The Balaban J connectivity index is 1.94. The molecule has 6 nitrogen and oxygen atoms in total. The number of benzene rings is 1. The first-order chi connectivity index (χ1) is 11.7. The summed E-state index contributed by atoms with van der Waals surface area (Å²) in [6, 6.07) is 6.11. The van der Waals surface area contributed by atoms with Gasteiger partial charge in [-0.15, -0.1) is 0 Å². The van der Waals surface area contributed by atoms with Crippen molar-refractivity contribution in [1.29, 1.82) is 0 Å². The lowest BCUT2D eigenvalue weighted by Gasteiger charge is -2.32. The Hall–Kier alpha value is -1.44. The van der Waals surface area contributed by atoms with Gasteiger partial charge in [-0.05, 0) is 56.5 Å². The molecule has 1 N–H and O–H groups in total. The highest BCUT2D eigenvalue weighted by molar-refractivity contribution is 7.89. The summed E-state index contributed by atoms with van der Waals surface area (Å²) in [7, 11) is -0.501. The Labute approximate surface area is 151 Å². The summed E-state index contributed by atoms with van der Waals surface area (Å²) in [5.74, 6) is 0.536. The van der Waals surface area contributed by atoms with Gasteiger partial charge in [0, 0.05) is 38.8 Å². The average molecular weight is 368 g/mol. The van der Waals surface area contributed by atoms with Crippen LogP contribution in [0, 0.1) is 5.92 Å². The molecule has 7 heteroatoms. The zero-order chi connectivity index (χ0) is 18.6. The first-order valence-corrected chi connectivity index (χ1v) is 10.2. The molecule has 1 aliphatic rings. The van der Waals surface area contributed by atoms with Gasteiger partial charge in [0.2, 0.25) is 10.0 Å². The Morgan fingerprint density at radius 1 is 1.32 bits per heavy atom. The molecule has 1 aliphatic heterocycles. The monoisotopic (exact) mass is 367 g/mol. The highest BCUT2D eigenvalue weighted by Crippen LogP contribution is 2.16. The van der Waals surface area contributed by atoms with Gasteiger partial charge in [-0.1, -0.05) is 6.92 Å². The highest BCUT2D eigenvalue weighted by Gasteiger charge is 2.20. The van der Waals surface area contributed by atoms with Crippen LogP contribution in [0.25, 0.3) is 0 Å². The molecule has 1 aromatic rings. The minimum Gasteiger partial charge on any atom is -0.348 e. The second-order valence-corrected chi connectivity index (χ2v) is 9.35. The third-order valence-electron chi connectivity index (χ3n) is 4.55. The topological polar surface area (TPSA) is 69.7 Å². The Kier molecular flexibility index (Phi) is 6.59. The number of hydrogen-bond donors (Lipinski definition) is 1. The number of piperidine rings is 1. The van der Waals surface area contributed by atoms with Gasteiger partial charge in [0.1, 0.15) is 0 Å². The predicted molar refractivity (Wildman–Crippen MR) is 99.1 cm³/mol. The summed E-state index contributed by atoms with van der Waals surface area (Å²) in [5, 5.41) is 3.00. The average Bonchev–Trinajstić information content (AvgIpc) is 2.54. The molecule has 2 rings (SSSR count). The number of hydrogen-bond acceptors (Lipinski definition) is 4. The lowest BCUT2D eigenvalue weighted by molar-refractivity contribution is 0.0920. The molecule has 0 aliphatic carbocycles. The Morgan fingerprint density at radius 2 is 1.96 bits per heavy atom. The van der Waals surface area contributed by atoms with Crippen molar-refractivity contribution in [3.8, 4) is 0 Å². The van der Waals surface area contributed by atoms with Gasteiger partial charge in [0.05, 0.1) is 4.90 Å². The van der Waals surface area contributed by atoms with E-state index in [4.69, 9.17) is 0 Å². The van der Waals surface area contributed by atoms with Crippen molar-refractivity contribution >= 4 is 15.9 Å². The van der Waals surface area contributed by atoms with Gasteiger partial charge < -0.3 is 10.2 Å². The van der Waals surface area contributed by atoms with E-state index < -0.39 is 10.0 Å². The van der Waals surface area contributed by atoms with Gasteiger partial charge in [-0.25, -0.2) is 12.7 Å². The molecule has 0 radical (unpaired) electrons. The number of nitrogens with zero attached hydrogens (tertiary/aromatic N) is 2. The fourth-order valence-electron chi connectivity index (χ4n) is 3.18. The fourth-order valence-corrected chi connectivity index (χ4v) is 4.08. The highest BCUT2D eigenvalue weighted by atomic mass is 32.2. The van der Waals surface area contributed by atoms with E-state index in [-0.39, 0.29) is 16.8 Å².